The Balaban J connectivity index is 1.87. The zero-order valence-corrected chi connectivity index (χ0v) is 11.3. The van der Waals surface area contributed by atoms with E-state index in [0.29, 0.717) is 22.7 Å². The highest BCUT2D eigenvalue weighted by Gasteiger charge is 2.09. The Morgan fingerprint density at radius 3 is 2.90 bits per heavy atom. The second kappa shape index (κ2) is 4.94. The molecule has 0 saturated carbocycles. The summed E-state index contributed by atoms with van der Waals surface area (Å²) in [5, 5.41) is 3.02. The largest absolute Gasteiger partial charge is 0.441 e. The molecule has 0 aliphatic heterocycles. The van der Waals surface area contributed by atoms with E-state index >= 15 is 0 Å². The van der Waals surface area contributed by atoms with Gasteiger partial charge in [0, 0.05) is 12.6 Å². The fourth-order valence-electron chi connectivity index (χ4n) is 1.85. The monoisotopic (exact) mass is 287 g/mol. The van der Waals surface area contributed by atoms with Gasteiger partial charge in [-0.05, 0) is 30.3 Å². The predicted molar refractivity (Wildman–Crippen MR) is 75.9 cm³/mol. The number of pyridine rings is 1. The maximum atomic E-state index is 12.0. The Labute approximate surface area is 119 Å². The van der Waals surface area contributed by atoms with Gasteiger partial charge in [-0.3, -0.25) is 4.79 Å². The normalized spacial score (nSPS) is 10.7. The van der Waals surface area contributed by atoms with E-state index in [9.17, 15) is 4.79 Å². The molecule has 0 spiro atoms. The van der Waals surface area contributed by atoms with Crippen LogP contribution in [0.25, 0.3) is 11.1 Å². The number of amides is 1. The number of aromatic nitrogens is 2. The van der Waals surface area contributed by atoms with Crippen molar-refractivity contribution in [2.45, 2.75) is 6.92 Å². The third-order valence-electron chi connectivity index (χ3n) is 2.70. The van der Waals surface area contributed by atoms with Crippen LogP contribution in [0.5, 0.6) is 0 Å². The number of nitrogens with zero attached hydrogens (tertiary/aromatic N) is 2. The summed E-state index contributed by atoms with van der Waals surface area (Å²) >= 11 is 5.76. The number of fused-ring (bicyclic) bond motifs is 1. The number of rotatable bonds is 2. The fraction of sp³-hybridized carbons (Fsp3) is 0.0714. The van der Waals surface area contributed by atoms with Crippen molar-refractivity contribution in [1.82, 2.24) is 9.97 Å². The second-order valence-corrected chi connectivity index (χ2v) is 4.60. The van der Waals surface area contributed by atoms with E-state index in [2.05, 4.69) is 15.3 Å². The lowest BCUT2D eigenvalue weighted by Gasteiger charge is -2.04. The molecule has 2 heterocycles. The van der Waals surface area contributed by atoms with Crippen LogP contribution in [-0.4, -0.2) is 15.9 Å². The molecule has 6 heteroatoms. The Hall–Kier alpha value is -2.40. The van der Waals surface area contributed by atoms with E-state index in [1.165, 1.54) is 0 Å². The first-order chi connectivity index (χ1) is 9.61. The molecule has 1 aromatic carbocycles. The van der Waals surface area contributed by atoms with E-state index in [0.717, 1.165) is 0 Å². The van der Waals surface area contributed by atoms with Crippen molar-refractivity contribution in [2.24, 2.45) is 0 Å². The van der Waals surface area contributed by atoms with Crippen LogP contribution in [0.3, 0.4) is 0 Å². The number of carbonyl (C=O) groups excluding carboxylic acids is 1. The van der Waals surface area contributed by atoms with Crippen molar-refractivity contribution in [3.8, 4) is 0 Å². The average molecular weight is 288 g/mol. The number of carbonyl (C=O) groups is 1. The number of halogens is 1. The highest BCUT2D eigenvalue weighted by molar-refractivity contribution is 6.29. The van der Waals surface area contributed by atoms with Crippen molar-refractivity contribution in [2.75, 3.05) is 5.32 Å². The van der Waals surface area contributed by atoms with Crippen molar-refractivity contribution < 1.29 is 9.21 Å². The molecular weight excluding hydrogens is 278 g/mol. The van der Waals surface area contributed by atoms with E-state index in [1.807, 2.05) is 0 Å². The van der Waals surface area contributed by atoms with Crippen molar-refractivity contribution >= 4 is 34.3 Å². The number of hydrogen-bond donors (Lipinski definition) is 1. The summed E-state index contributed by atoms with van der Waals surface area (Å²) in [7, 11) is 0. The molecule has 2 aromatic heterocycles. The van der Waals surface area contributed by atoms with Crippen LogP contribution < -0.4 is 5.32 Å². The van der Waals surface area contributed by atoms with Crippen LogP contribution in [0.2, 0.25) is 5.15 Å². The molecule has 100 valence electrons. The second-order valence-electron chi connectivity index (χ2n) is 4.22. The molecule has 0 aliphatic rings. The minimum Gasteiger partial charge on any atom is -0.441 e. The molecule has 20 heavy (non-hydrogen) atoms. The number of benzene rings is 1. The summed E-state index contributed by atoms with van der Waals surface area (Å²) in [6.45, 7) is 1.77. The zero-order chi connectivity index (χ0) is 14.1. The molecular formula is C14H10ClN3O2. The minimum absolute atomic E-state index is 0.258. The summed E-state index contributed by atoms with van der Waals surface area (Å²) in [6, 6.07) is 10.1. The average Bonchev–Trinajstić information content (AvgIpc) is 2.78. The maximum Gasteiger partial charge on any atom is 0.274 e. The Kier molecular flexibility index (Phi) is 3.12. The van der Waals surface area contributed by atoms with Gasteiger partial charge in [0.2, 0.25) is 0 Å². The van der Waals surface area contributed by atoms with Crippen LogP contribution in [0, 0.1) is 6.92 Å². The van der Waals surface area contributed by atoms with E-state index in [-0.39, 0.29) is 16.8 Å². The third-order valence-corrected chi connectivity index (χ3v) is 2.91. The topological polar surface area (TPSA) is 68.0 Å². The smallest absolute Gasteiger partial charge is 0.274 e. The third kappa shape index (κ3) is 2.48. The maximum absolute atomic E-state index is 12.0. The number of aryl methyl sites for hydroxylation is 1. The molecule has 1 amide bonds. The summed E-state index contributed by atoms with van der Waals surface area (Å²) in [4.78, 5) is 20.2. The molecule has 0 fully saturated rings. The quantitative estimate of drug-likeness (QED) is 0.733. The molecule has 0 saturated heterocycles. The molecule has 0 bridgehead atoms. The first kappa shape index (κ1) is 12.6. The van der Waals surface area contributed by atoms with Gasteiger partial charge in [0.25, 0.3) is 5.91 Å². The molecule has 1 N–H and O–H groups in total. The van der Waals surface area contributed by atoms with Gasteiger partial charge in [0.05, 0.1) is 0 Å². The van der Waals surface area contributed by atoms with E-state index in [1.54, 1.807) is 43.3 Å². The lowest BCUT2D eigenvalue weighted by atomic mass is 10.2. The van der Waals surface area contributed by atoms with Gasteiger partial charge in [0.15, 0.2) is 11.5 Å². The van der Waals surface area contributed by atoms with Gasteiger partial charge >= 0.3 is 0 Å². The fourth-order valence-corrected chi connectivity index (χ4v) is 2.01. The lowest BCUT2D eigenvalue weighted by molar-refractivity contribution is 0.102. The Bertz CT molecular complexity index is 798. The highest BCUT2D eigenvalue weighted by Crippen LogP contribution is 2.20. The SMILES string of the molecule is Cc1nc2cc(NC(=O)c3cccc(Cl)n3)ccc2o1. The van der Waals surface area contributed by atoms with Gasteiger partial charge in [0.1, 0.15) is 16.4 Å². The van der Waals surface area contributed by atoms with Crippen LogP contribution >= 0.6 is 11.6 Å². The molecule has 0 atom stereocenters. The molecule has 0 radical (unpaired) electrons. The summed E-state index contributed by atoms with van der Waals surface area (Å²) in [5.74, 6) is 0.257. The summed E-state index contributed by atoms with van der Waals surface area (Å²) in [6.07, 6.45) is 0. The Morgan fingerprint density at radius 2 is 2.10 bits per heavy atom. The first-order valence-electron chi connectivity index (χ1n) is 5.93. The van der Waals surface area contributed by atoms with Gasteiger partial charge in [-0.15, -0.1) is 0 Å². The zero-order valence-electron chi connectivity index (χ0n) is 10.6. The van der Waals surface area contributed by atoms with Crippen LogP contribution in [0.4, 0.5) is 5.69 Å². The standard InChI is InChI=1S/C14H10ClN3O2/c1-8-16-11-7-9(5-6-12(11)20-8)17-14(19)10-3-2-4-13(15)18-10/h2-7H,1H3,(H,17,19). The summed E-state index contributed by atoms with van der Waals surface area (Å²) < 4.78 is 5.37. The highest BCUT2D eigenvalue weighted by atomic mass is 35.5. The lowest BCUT2D eigenvalue weighted by Crippen LogP contribution is -2.13. The predicted octanol–water partition coefficient (Wildman–Crippen LogP) is 3.44. The molecule has 3 aromatic rings. The van der Waals surface area contributed by atoms with Crippen molar-refractivity contribution in [3.63, 3.8) is 0 Å². The summed E-state index contributed by atoms with van der Waals surface area (Å²) in [5.41, 5.74) is 2.26. The minimum atomic E-state index is -0.327. The number of oxazole rings is 1. The van der Waals surface area contributed by atoms with Gasteiger partial charge < -0.3 is 9.73 Å². The van der Waals surface area contributed by atoms with Gasteiger partial charge in [-0.25, -0.2) is 9.97 Å². The van der Waals surface area contributed by atoms with Crippen molar-refractivity contribution in [1.29, 1.82) is 0 Å². The van der Waals surface area contributed by atoms with Crippen LogP contribution in [-0.2, 0) is 0 Å². The van der Waals surface area contributed by atoms with Crippen LogP contribution in [0.15, 0.2) is 40.8 Å². The van der Waals surface area contributed by atoms with Gasteiger partial charge in [-0.1, -0.05) is 17.7 Å². The van der Waals surface area contributed by atoms with Gasteiger partial charge in [-0.2, -0.15) is 0 Å². The van der Waals surface area contributed by atoms with Crippen LogP contribution in [0.1, 0.15) is 16.4 Å². The van der Waals surface area contributed by atoms with E-state index < -0.39 is 0 Å². The molecule has 3 rings (SSSR count). The Morgan fingerprint density at radius 1 is 1.25 bits per heavy atom. The first-order valence-corrected chi connectivity index (χ1v) is 6.31. The van der Waals surface area contributed by atoms with E-state index in [4.69, 9.17) is 16.0 Å². The number of anilines is 1. The van der Waals surface area contributed by atoms with Crippen molar-refractivity contribution in [3.05, 3.63) is 53.1 Å². The number of hydrogen-bond acceptors (Lipinski definition) is 4. The molecule has 0 unspecified atom stereocenters. The molecule has 0 aliphatic carbocycles. The molecule has 5 nitrogen and oxygen atoms in total. The number of nitrogens with one attached hydrogen (secondary N) is 1.